The predicted molar refractivity (Wildman–Crippen MR) is 92.2 cm³/mol. The van der Waals surface area contributed by atoms with E-state index >= 15 is 0 Å². The van der Waals surface area contributed by atoms with Crippen LogP contribution in [-0.4, -0.2) is 12.1 Å². The maximum atomic E-state index is 11.3. The molecule has 24 heavy (non-hydrogen) atoms. The number of hydrogen-bond donors (Lipinski definition) is 0. The number of ketones is 1. The molecule has 0 radical (unpaired) electrons. The molecule has 0 saturated carbocycles. The summed E-state index contributed by atoms with van der Waals surface area (Å²) in [6.45, 7) is 3.65. The van der Waals surface area contributed by atoms with Crippen molar-refractivity contribution in [1.82, 2.24) is 0 Å². The molecular formula is C20H21NO3. The minimum atomic E-state index is -0.416. The normalized spacial score (nSPS) is 11.4. The van der Waals surface area contributed by atoms with E-state index in [1.165, 1.54) is 6.92 Å². The van der Waals surface area contributed by atoms with Crippen molar-refractivity contribution in [3.63, 3.8) is 0 Å². The fourth-order valence-corrected chi connectivity index (χ4v) is 2.19. The maximum Gasteiger partial charge on any atom is 0.241 e. The average Bonchev–Trinajstić information content (AvgIpc) is 2.60. The van der Waals surface area contributed by atoms with E-state index in [4.69, 9.17) is 14.7 Å². The van der Waals surface area contributed by atoms with Crippen molar-refractivity contribution in [3.8, 4) is 17.6 Å². The number of carbonyl (C=O) groups excluding carboxylic acids is 1. The minimum Gasteiger partial charge on any atom is -0.455 e. The van der Waals surface area contributed by atoms with Crippen LogP contribution in [0.25, 0.3) is 0 Å². The fourth-order valence-electron chi connectivity index (χ4n) is 2.19. The van der Waals surface area contributed by atoms with Gasteiger partial charge in [-0.05, 0) is 61.9 Å². The van der Waals surface area contributed by atoms with Gasteiger partial charge in [0.1, 0.15) is 11.5 Å². The molecule has 4 nitrogen and oxygen atoms in total. The van der Waals surface area contributed by atoms with Gasteiger partial charge in [0.2, 0.25) is 6.29 Å². The smallest absolute Gasteiger partial charge is 0.241 e. The standard InChI is InChI=1S/C20H21NO3/c1-3-4-5-20(23-18-10-6-16(14-21)7-11-18)24-19-12-8-17(9-13-19)15(2)22/h6-13,20H,3-5H2,1-2H3. The second kappa shape index (κ2) is 8.73. The highest BCUT2D eigenvalue weighted by Crippen LogP contribution is 2.20. The van der Waals surface area contributed by atoms with Gasteiger partial charge >= 0.3 is 0 Å². The summed E-state index contributed by atoms with van der Waals surface area (Å²) >= 11 is 0. The van der Waals surface area contributed by atoms with Gasteiger partial charge in [0.25, 0.3) is 0 Å². The Morgan fingerprint density at radius 3 is 2.04 bits per heavy atom. The van der Waals surface area contributed by atoms with Gasteiger partial charge in [0, 0.05) is 12.0 Å². The maximum absolute atomic E-state index is 11.3. The lowest BCUT2D eigenvalue weighted by atomic mass is 10.1. The lowest BCUT2D eigenvalue weighted by Crippen LogP contribution is -2.24. The molecule has 0 spiro atoms. The van der Waals surface area contributed by atoms with E-state index in [9.17, 15) is 4.79 Å². The number of rotatable bonds is 8. The summed E-state index contributed by atoms with van der Waals surface area (Å²) in [6, 6.07) is 16.1. The van der Waals surface area contributed by atoms with Crippen molar-refractivity contribution in [2.24, 2.45) is 0 Å². The molecule has 0 aliphatic carbocycles. The third-order valence-electron chi connectivity index (χ3n) is 3.57. The molecule has 0 saturated heterocycles. The fraction of sp³-hybridized carbons (Fsp3) is 0.300. The van der Waals surface area contributed by atoms with Crippen LogP contribution in [0.15, 0.2) is 48.5 Å². The number of nitriles is 1. The Labute approximate surface area is 142 Å². The third-order valence-corrected chi connectivity index (χ3v) is 3.57. The zero-order chi connectivity index (χ0) is 17.4. The lowest BCUT2D eigenvalue weighted by Gasteiger charge is -2.20. The van der Waals surface area contributed by atoms with Gasteiger partial charge in [-0.1, -0.05) is 13.3 Å². The molecule has 0 N–H and O–H groups in total. The van der Waals surface area contributed by atoms with E-state index in [2.05, 4.69) is 13.0 Å². The molecule has 0 aliphatic rings. The summed E-state index contributed by atoms with van der Waals surface area (Å²) in [7, 11) is 0. The average molecular weight is 323 g/mol. The van der Waals surface area contributed by atoms with E-state index in [1.807, 2.05) is 0 Å². The first-order chi connectivity index (χ1) is 11.6. The number of carbonyl (C=O) groups is 1. The van der Waals surface area contributed by atoms with E-state index in [1.54, 1.807) is 48.5 Å². The number of hydrogen-bond acceptors (Lipinski definition) is 4. The number of ether oxygens (including phenoxy) is 2. The van der Waals surface area contributed by atoms with E-state index in [0.717, 1.165) is 19.3 Å². The van der Waals surface area contributed by atoms with Gasteiger partial charge in [-0.3, -0.25) is 4.79 Å². The Morgan fingerprint density at radius 2 is 1.58 bits per heavy atom. The van der Waals surface area contributed by atoms with E-state index in [0.29, 0.717) is 22.6 Å². The summed E-state index contributed by atoms with van der Waals surface area (Å²) in [5.74, 6) is 1.35. The summed E-state index contributed by atoms with van der Waals surface area (Å²) in [6.07, 6.45) is 2.36. The van der Waals surface area contributed by atoms with Crippen LogP contribution in [0.1, 0.15) is 49.0 Å². The second-order valence-corrected chi connectivity index (χ2v) is 5.52. The Balaban J connectivity index is 2.06. The van der Waals surface area contributed by atoms with Crippen LogP contribution >= 0.6 is 0 Å². The van der Waals surface area contributed by atoms with E-state index in [-0.39, 0.29) is 5.78 Å². The number of Topliss-reactive ketones (excluding diaryl/α,β-unsaturated/α-hetero) is 1. The molecule has 0 heterocycles. The molecule has 124 valence electrons. The molecule has 2 aromatic carbocycles. The first kappa shape index (κ1) is 17.6. The molecule has 0 aromatic heterocycles. The van der Waals surface area contributed by atoms with Gasteiger partial charge in [-0.15, -0.1) is 0 Å². The molecular weight excluding hydrogens is 302 g/mol. The molecule has 2 aromatic rings. The zero-order valence-electron chi connectivity index (χ0n) is 14.0. The predicted octanol–water partition coefficient (Wildman–Crippen LogP) is 4.73. The van der Waals surface area contributed by atoms with Crippen LogP contribution < -0.4 is 9.47 Å². The molecule has 2 rings (SSSR count). The summed E-state index contributed by atoms with van der Waals surface area (Å²) in [5.41, 5.74) is 1.24. The SMILES string of the molecule is CCCCC(Oc1ccc(C#N)cc1)Oc1ccc(C(C)=O)cc1. The molecule has 0 bridgehead atoms. The van der Waals surface area contributed by atoms with E-state index < -0.39 is 6.29 Å². The summed E-state index contributed by atoms with van der Waals surface area (Å²) in [4.78, 5) is 11.3. The highest BCUT2D eigenvalue weighted by Gasteiger charge is 2.12. The van der Waals surface area contributed by atoms with Crippen LogP contribution in [-0.2, 0) is 0 Å². The quantitative estimate of drug-likeness (QED) is 0.520. The Morgan fingerprint density at radius 1 is 1.04 bits per heavy atom. The molecule has 0 aliphatic heterocycles. The Bertz CT molecular complexity index is 699. The van der Waals surface area contributed by atoms with Crippen molar-refractivity contribution < 1.29 is 14.3 Å². The van der Waals surface area contributed by atoms with Crippen LogP contribution in [0, 0.1) is 11.3 Å². The lowest BCUT2D eigenvalue weighted by molar-refractivity contribution is -0.00212. The van der Waals surface area contributed by atoms with Crippen LogP contribution in [0.2, 0.25) is 0 Å². The van der Waals surface area contributed by atoms with Crippen molar-refractivity contribution in [2.75, 3.05) is 0 Å². The Kier molecular flexibility index (Phi) is 6.39. The topological polar surface area (TPSA) is 59.3 Å². The number of unbranched alkanes of at least 4 members (excludes halogenated alkanes) is 1. The Hall–Kier alpha value is -2.80. The van der Waals surface area contributed by atoms with Crippen molar-refractivity contribution in [3.05, 3.63) is 59.7 Å². The monoisotopic (exact) mass is 323 g/mol. The first-order valence-corrected chi connectivity index (χ1v) is 8.07. The molecule has 0 fully saturated rings. The third kappa shape index (κ3) is 5.13. The molecule has 1 atom stereocenters. The van der Waals surface area contributed by atoms with Gasteiger partial charge in [-0.2, -0.15) is 5.26 Å². The van der Waals surface area contributed by atoms with Crippen molar-refractivity contribution >= 4 is 5.78 Å². The number of nitrogens with zero attached hydrogens (tertiary/aromatic N) is 1. The van der Waals surface area contributed by atoms with Crippen LogP contribution in [0.5, 0.6) is 11.5 Å². The summed E-state index contributed by atoms with van der Waals surface area (Å²) < 4.78 is 11.8. The largest absolute Gasteiger partial charge is 0.455 e. The molecule has 1 unspecified atom stereocenters. The van der Waals surface area contributed by atoms with Crippen LogP contribution in [0.4, 0.5) is 0 Å². The summed E-state index contributed by atoms with van der Waals surface area (Å²) in [5, 5.41) is 8.84. The van der Waals surface area contributed by atoms with Gasteiger partial charge in [0.05, 0.1) is 11.6 Å². The van der Waals surface area contributed by atoms with Crippen LogP contribution in [0.3, 0.4) is 0 Å². The highest BCUT2D eigenvalue weighted by atomic mass is 16.7. The van der Waals surface area contributed by atoms with Gasteiger partial charge < -0.3 is 9.47 Å². The van der Waals surface area contributed by atoms with Crippen molar-refractivity contribution in [2.45, 2.75) is 39.4 Å². The van der Waals surface area contributed by atoms with Gasteiger partial charge in [0.15, 0.2) is 5.78 Å². The first-order valence-electron chi connectivity index (χ1n) is 8.07. The second-order valence-electron chi connectivity index (χ2n) is 5.52. The highest BCUT2D eigenvalue weighted by molar-refractivity contribution is 5.94. The number of benzene rings is 2. The minimum absolute atomic E-state index is 0.0258. The molecule has 0 amide bonds. The zero-order valence-corrected chi connectivity index (χ0v) is 14.0. The van der Waals surface area contributed by atoms with Gasteiger partial charge in [-0.25, -0.2) is 0 Å². The molecule has 4 heteroatoms. The van der Waals surface area contributed by atoms with Crippen molar-refractivity contribution in [1.29, 1.82) is 5.26 Å².